The van der Waals surface area contributed by atoms with Gasteiger partial charge in [0, 0.05) is 31.6 Å². The number of rotatable bonds is 13. The maximum absolute atomic E-state index is 14.4. The zero-order valence-corrected chi connectivity index (χ0v) is 39.8. The number of carbonyl (C=O) groups is 8. The van der Waals surface area contributed by atoms with Gasteiger partial charge in [0.25, 0.3) is 35.4 Å². The van der Waals surface area contributed by atoms with Crippen LogP contribution in [-0.4, -0.2) is 106 Å². The lowest BCUT2D eigenvalue weighted by atomic mass is 9.83. The highest BCUT2D eigenvalue weighted by Gasteiger charge is 2.34. The Morgan fingerprint density at radius 3 is 1.46 bits per heavy atom. The van der Waals surface area contributed by atoms with E-state index in [0.29, 0.717) is 34.0 Å². The molecule has 2 aliphatic heterocycles. The van der Waals surface area contributed by atoms with E-state index in [2.05, 4.69) is 52.1 Å². The number of anilines is 2. The number of benzene rings is 2. The van der Waals surface area contributed by atoms with Crippen LogP contribution in [0.25, 0.3) is 11.3 Å². The fourth-order valence-corrected chi connectivity index (χ4v) is 6.98. The van der Waals surface area contributed by atoms with Gasteiger partial charge in [0.1, 0.15) is 39.8 Å². The van der Waals surface area contributed by atoms with Crippen LogP contribution in [0.3, 0.4) is 0 Å². The number of hydrogen-bond donors (Lipinski definition) is 7. The van der Waals surface area contributed by atoms with Gasteiger partial charge in [-0.2, -0.15) is 10.2 Å². The third-order valence-corrected chi connectivity index (χ3v) is 10.8. The first-order valence-corrected chi connectivity index (χ1v) is 22.0. The largest absolute Gasteiger partial charge is 0.482 e. The van der Waals surface area contributed by atoms with E-state index in [1.807, 2.05) is 20.8 Å². The summed E-state index contributed by atoms with van der Waals surface area (Å²) in [4.78, 5) is 107. The summed E-state index contributed by atoms with van der Waals surface area (Å²) in [6.45, 7) is 11.4. The van der Waals surface area contributed by atoms with Crippen LogP contribution in [0.1, 0.15) is 108 Å². The molecule has 25 heteroatoms. The first-order chi connectivity index (χ1) is 33.8. The van der Waals surface area contributed by atoms with Crippen molar-refractivity contribution in [1.29, 1.82) is 0 Å². The van der Waals surface area contributed by atoms with Gasteiger partial charge < -0.3 is 46.5 Å². The van der Waals surface area contributed by atoms with Crippen molar-refractivity contribution in [3.8, 4) is 11.5 Å². The molecule has 2 aliphatic rings. The number of aliphatic carboxylic acids is 1. The molecule has 0 radical (unpaired) electrons. The summed E-state index contributed by atoms with van der Waals surface area (Å²) in [6.07, 6.45) is 1.95. The van der Waals surface area contributed by atoms with Crippen LogP contribution in [0, 0.1) is 17.0 Å². The summed E-state index contributed by atoms with van der Waals surface area (Å²) in [6, 6.07) is 12.3. The second-order valence-corrected chi connectivity index (χ2v) is 18.8. The molecule has 4 aromatic heterocycles. The number of carboxylic acid groups (broad SMARTS) is 1. The van der Waals surface area contributed by atoms with E-state index >= 15 is 0 Å². The maximum Gasteiger partial charge on any atom is 0.328 e. The van der Waals surface area contributed by atoms with Crippen LogP contribution in [0.15, 0.2) is 60.9 Å². The van der Waals surface area contributed by atoms with Crippen LogP contribution >= 0.6 is 0 Å². The second-order valence-electron chi connectivity index (χ2n) is 18.8. The Bertz CT molecular complexity index is 3230. The monoisotopic (exact) mass is 994 g/mol. The van der Waals surface area contributed by atoms with Crippen molar-refractivity contribution >= 4 is 69.9 Å². The predicted octanol–water partition coefficient (Wildman–Crippen LogP) is 3.37. The first kappa shape index (κ1) is 51.0. The number of fused-ring (bicyclic) bond motifs is 4. The van der Waals surface area contributed by atoms with Crippen LogP contribution in [0.2, 0.25) is 0 Å². The lowest BCUT2D eigenvalue weighted by molar-refractivity contribution is -0.143. The SMILES string of the molecule is CC(C)(C)CC(=O)C(C)(C)NC(=O)c1cc(C(=O)NCc2ccc3c(c2)NC(=O)CO3)nc2c(F)cnn12.CC(C)(NC(=O)c1cc(C(=O)NCc2ccc3c(c2)NC(=O)CO3)nc2c(F)cnn12)C(=O)O. The van der Waals surface area contributed by atoms with E-state index in [9.17, 15) is 52.2 Å². The van der Waals surface area contributed by atoms with Gasteiger partial charge in [-0.05, 0) is 68.5 Å². The van der Waals surface area contributed by atoms with Gasteiger partial charge in [0.15, 0.2) is 41.9 Å². The van der Waals surface area contributed by atoms with Gasteiger partial charge in [-0.15, -0.1) is 0 Å². The second kappa shape index (κ2) is 19.8. The molecule has 72 heavy (non-hydrogen) atoms. The molecule has 0 spiro atoms. The maximum atomic E-state index is 14.4. The first-order valence-electron chi connectivity index (χ1n) is 22.0. The number of Topliss-reactive ketones (excluding diaryl/α,β-unsaturated/α-hetero) is 1. The number of aromatic nitrogens is 6. The number of amides is 6. The van der Waals surface area contributed by atoms with E-state index in [4.69, 9.17) is 9.47 Å². The average Bonchev–Trinajstić information content (AvgIpc) is 3.89. The number of halogens is 2. The number of hydrogen-bond acceptors (Lipinski definition) is 14. The molecule has 0 fully saturated rings. The van der Waals surface area contributed by atoms with Gasteiger partial charge in [-0.1, -0.05) is 32.9 Å². The molecule has 0 bridgehead atoms. The van der Waals surface area contributed by atoms with Crippen molar-refractivity contribution in [1.82, 2.24) is 50.5 Å². The van der Waals surface area contributed by atoms with Crippen molar-refractivity contribution in [2.24, 2.45) is 5.41 Å². The van der Waals surface area contributed by atoms with Crippen molar-refractivity contribution < 1.29 is 61.7 Å². The van der Waals surface area contributed by atoms with Gasteiger partial charge in [0.05, 0.1) is 29.3 Å². The summed E-state index contributed by atoms with van der Waals surface area (Å²) >= 11 is 0. The molecule has 7 N–H and O–H groups in total. The zero-order valence-electron chi connectivity index (χ0n) is 39.8. The molecule has 0 aliphatic carbocycles. The molecule has 6 heterocycles. The number of carbonyl (C=O) groups excluding carboxylic acids is 7. The van der Waals surface area contributed by atoms with Gasteiger partial charge in [-0.3, -0.25) is 33.6 Å². The van der Waals surface area contributed by atoms with Crippen molar-refractivity contribution in [2.75, 3.05) is 23.8 Å². The number of ether oxygens (including phenoxy) is 2. The normalized spacial score (nSPS) is 13.2. The highest BCUT2D eigenvalue weighted by atomic mass is 19.1. The molecule has 0 unspecified atom stereocenters. The minimum atomic E-state index is -1.63. The molecule has 0 saturated carbocycles. The third-order valence-electron chi connectivity index (χ3n) is 10.8. The van der Waals surface area contributed by atoms with Gasteiger partial charge in [0.2, 0.25) is 0 Å². The summed E-state index contributed by atoms with van der Waals surface area (Å²) < 4.78 is 41.1. The number of ketones is 1. The summed E-state index contributed by atoms with van der Waals surface area (Å²) in [7, 11) is 0. The van der Waals surface area contributed by atoms with Crippen molar-refractivity contribution in [3.63, 3.8) is 0 Å². The Balaban J connectivity index is 0.000000213. The highest BCUT2D eigenvalue weighted by Crippen LogP contribution is 2.30. The fourth-order valence-electron chi connectivity index (χ4n) is 6.98. The fraction of sp³-hybridized carbons (Fsp3) is 0.319. The van der Waals surface area contributed by atoms with Gasteiger partial charge in [-0.25, -0.2) is 32.6 Å². The topological polar surface area (TPSA) is 308 Å². The van der Waals surface area contributed by atoms with E-state index < -0.39 is 52.3 Å². The third kappa shape index (κ3) is 11.6. The lowest BCUT2D eigenvalue weighted by Crippen LogP contribution is -2.51. The quantitative estimate of drug-likeness (QED) is 0.0873. The highest BCUT2D eigenvalue weighted by molar-refractivity contribution is 6.02. The Labute approximate surface area is 407 Å². The average molecular weight is 995 g/mol. The molecular formula is C47H48F2N12O11. The molecular weight excluding hydrogens is 947 g/mol. The summed E-state index contributed by atoms with van der Waals surface area (Å²) in [5, 5.41) is 32.5. The molecule has 0 saturated heterocycles. The van der Waals surface area contributed by atoms with E-state index in [0.717, 1.165) is 27.5 Å². The van der Waals surface area contributed by atoms with Crippen LogP contribution < -0.4 is 41.4 Å². The minimum Gasteiger partial charge on any atom is -0.482 e. The Kier molecular flexibility index (Phi) is 14.0. The van der Waals surface area contributed by atoms with E-state index in [1.165, 1.54) is 19.9 Å². The number of nitrogens with zero attached hydrogens (tertiary/aromatic N) is 6. The lowest BCUT2D eigenvalue weighted by Gasteiger charge is -2.28. The molecule has 23 nitrogen and oxygen atoms in total. The Morgan fingerprint density at radius 1 is 0.639 bits per heavy atom. The number of nitrogens with one attached hydrogen (secondary N) is 6. The van der Waals surface area contributed by atoms with E-state index in [-0.39, 0.29) is 89.8 Å². The smallest absolute Gasteiger partial charge is 0.328 e. The van der Waals surface area contributed by atoms with Crippen molar-refractivity contribution in [2.45, 2.75) is 79.1 Å². The van der Waals surface area contributed by atoms with Crippen LogP contribution in [0.4, 0.5) is 20.2 Å². The summed E-state index contributed by atoms with van der Waals surface area (Å²) in [5.74, 6) is -5.71. The predicted molar refractivity (Wildman–Crippen MR) is 249 cm³/mol. The van der Waals surface area contributed by atoms with Crippen LogP contribution in [0.5, 0.6) is 11.5 Å². The molecule has 0 atom stereocenters. The molecule has 376 valence electrons. The number of carboxylic acids is 1. The molecule has 8 rings (SSSR count). The minimum absolute atomic E-state index is 0.0319. The molecule has 6 amide bonds. The molecule has 6 aromatic rings. The zero-order chi connectivity index (χ0) is 52.4. The molecule has 2 aromatic carbocycles. The Morgan fingerprint density at radius 2 is 1.06 bits per heavy atom. The van der Waals surface area contributed by atoms with E-state index in [1.54, 1.807) is 50.2 Å². The Hall–Kier alpha value is -8.90. The van der Waals surface area contributed by atoms with Gasteiger partial charge >= 0.3 is 5.97 Å². The standard InChI is InChI=1S/C26H29FN6O5.C21H19FN6O6/c1-25(2,3)10-20(34)26(4,5)32-24(37)18-9-17(31-22-15(27)12-29-33(18)22)23(36)28-11-14-6-7-19-16(8-14)30-21(35)13-38-19;1-21(2,20(32)33)27-19(31)14-6-13(26-17-11(22)8-24-28(14)17)18(30)23-7-10-3-4-15-12(5-10)25-16(29)9-34-15/h6-9,12H,10-11,13H2,1-5H3,(H,28,36)(H,30,35)(H,32,37);3-6,8H,7,9H2,1-2H3,(H,23,30)(H,25,29)(H,27,31)(H,32,33). The van der Waals surface area contributed by atoms with Crippen LogP contribution in [-0.2, 0) is 32.3 Å². The van der Waals surface area contributed by atoms with Crippen molar-refractivity contribution in [3.05, 3.63) is 106 Å². The summed E-state index contributed by atoms with van der Waals surface area (Å²) in [5.41, 5.74) is -2.50.